The Hall–Kier alpha value is -2.17. The van der Waals surface area contributed by atoms with Crippen LogP contribution in [-0.2, 0) is 27.3 Å². The average molecular weight is 644 g/mol. The molecule has 248 valence electrons. The summed E-state index contributed by atoms with van der Waals surface area (Å²) in [5, 5.41) is 2.72. The first-order valence-corrected chi connectivity index (χ1v) is 19.3. The van der Waals surface area contributed by atoms with E-state index in [2.05, 4.69) is 101 Å². The van der Waals surface area contributed by atoms with Crippen LogP contribution < -0.4 is 0 Å². The molecule has 2 aromatic carbocycles. The fourth-order valence-corrected chi connectivity index (χ4v) is 6.29. The molecule has 0 aliphatic carbocycles. The zero-order valence-corrected chi connectivity index (χ0v) is 30.3. The molecule has 44 heavy (non-hydrogen) atoms. The first kappa shape index (κ1) is 39.9. The molecule has 0 fully saturated rings. The molecule has 0 saturated heterocycles. The van der Waals surface area contributed by atoms with E-state index in [9.17, 15) is 5.53 Å². The second-order valence-corrected chi connectivity index (χ2v) is 13.4. The molecule has 2 rings (SSSR count). The summed E-state index contributed by atoms with van der Waals surface area (Å²) >= 11 is 1.90. The first-order valence-electron chi connectivity index (χ1n) is 17.9. The second kappa shape index (κ2) is 27.2. The van der Waals surface area contributed by atoms with Crippen LogP contribution in [0.15, 0.2) is 59.7 Å². The fraction of sp³-hybridized carbons (Fsp3) is 0.610. The summed E-state index contributed by atoms with van der Waals surface area (Å²) in [6, 6.07) is 18.4. The normalized spacial score (nSPS) is 11.3. The number of unbranched alkanes of at least 4 members (excludes halogenated alkanes) is 7. The standard InChI is InChI=1S/C35H50N2.2C3H7.Ni/c1-5-9-13-15-18-29-23-25-31(26-24-29)35(32-21-16-19-30(27-32)17-11-7-3)34(22-12-8-4)33(28-37-36)20-14-10-6-2;2*1-3-2;/h16,19,21,23-27H,5-15,17-18,20,22H2,1-4H3;2*1,3H2,2H3;. The van der Waals surface area contributed by atoms with Crippen molar-refractivity contribution >= 4 is 11.4 Å². The van der Waals surface area contributed by atoms with Gasteiger partial charge < -0.3 is 5.53 Å². The van der Waals surface area contributed by atoms with Crippen molar-refractivity contribution in [1.29, 1.82) is 0 Å². The van der Waals surface area contributed by atoms with Gasteiger partial charge in [0, 0.05) is 0 Å². The maximum atomic E-state index is 9.56. The van der Waals surface area contributed by atoms with Crippen molar-refractivity contribution < 1.29 is 19.2 Å². The molecule has 0 atom stereocenters. The summed E-state index contributed by atoms with van der Waals surface area (Å²) in [5.74, 6) is 3.01. The van der Waals surface area contributed by atoms with Crippen molar-refractivity contribution in [2.45, 2.75) is 161 Å². The summed E-state index contributed by atoms with van der Waals surface area (Å²) in [5.41, 5.74) is 18.5. The van der Waals surface area contributed by atoms with Gasteiger partial charge >= 0.3 is 57.8 Å². The molecule has 0 N–H and O–H groups in total. The van der Waals surface area contributed by atoms with Gasteiger partial charge in [-0.05, 0) is 84.8 Å². The Morgan fingerprint density at radius 2 is 1.25 bits per heavy atom. The van der Waals surface area contributed by atoms with Gasteiger partial charge in [0.1, 0.15) is 0 Å². The van der Waals surface area contributed by atoms with Gasteiger partial charge in [0.2, 0.25) is 0 Å². The van der Waals surface area contributed by atoms with Crippen LogP contribution in [0.25, 0.3) is 11.1 Å². The Morgan fingerprint density at radius 3 is 1.86 bits per heavy atom. The number of rotatable bonds is 22. The van der Waals surface area contributed by atoms with E-state index in [0.717, 1.165) is 50.5 Å². The molecule has 0 unspecified atom stereocenters. The Labute approximate surface area is 278 Å². The van der Waals surface area contributed by atoms with Crippen LogP contribution >= 0.6 is 0 Å². The van der Waals surface area contributed by atoms with E-state index in [4.69, 9.17) is 0 Å². The maximum absolute atomic E-state index is 9.56. The minimum absolute atomic E-state index is 0.894. The van der Waals surface area contributed by atoms with Crippen molar-refractivity contribution in [2.24, 2.45) is 0 Å². The van der Waals surface area contributed by atoms with Crippen molar-refractivity contribution in [3.8, 4) is 0 Å². The molecule has 0 saturated carbocycles. The van der Waals surface area contributed by atoms with E-state index in [-0.39, 0.29) is 0 Å². The molecule has 2 aromatic rings. The minimum atomic E-state index is 0.894. The Balaban J connectivity index is 0.00000123. The third kappa shape index (κ3) is 16.8. The molecular weight excluding hydrogens is 579 g/mol. The molecule has 0 spiro atoms. The quantitative estimate of drug-likeness (QED) is 0.0306. The molecular formula is C41H64N2Ni. The Bertz CT molecular complexity index is 1110. The molecule has 2 nitrogen and oxygen atoms in total. The van der Waals surface area contributed by atoms with Crippen LogP contribution in [0.3, 0.4) is 0 Å². The van der Waals surface area contributed by atoms with E-state index in [1.165, 1.54) is 108 Å². The summed E-state index contributed by atoms with van der Waals surface area (Å²) in [6.45, 7) is 13.5. The summed E-state index contributed by atoms with van der Waals surface area (Å²) in [4.78, 5) is 3.41. The fourth-order valence-electron chi connectivity index (χ4n) is 5.34. The SMILES string of the molecule is CCCCCCc1ccc(C(=C(CCCC)C(=C=[N+]=[N-])CCCCC)c2cccc(CCCC)c2)cc1.CC[CH2][Ni][CH2]CC. The number of nitrogens with zero attached hydrogens (tertiary/aromatic N) is 2. The van der Waals surface area contributed by atoms with Gasteiger partial charge in [-0.15, -0.1) is 4.79 Å². The van der Waals surface area contributed by atoms with Gasteiger partial charge in [-0.3, -0.25) is 0 Å². The van der Waals surface area contributed by atoms with Gasteiger partial charge in [-0.25, -0.2) is 0 Å². The van der Waals surface area contributed by atoms with E-state index in [1.807, 2.05) is 14.4 Å². The van der Waals surface area contributed by atoms with Gasteiger partial charge in [0.25, 0.3) is 0 Å². The number of allylic oxidation sites excluding steroid dienone is 2. The van der Waals surface area contributed by atoms with Gasteiger partial charge in [0.05, 0.1) is 5.57 Å². The van der Waals surface area contributed by atoms with E-state index in [0.29, 0.717) is 0 Å². The zero-order valence-electron chi connectivity index (χ0n) is 29.3. The van der Waals surface area contributed by atoms with Crippen LogP contribution in [0.5, 0.6) is 0 Å². The average Bonchev–Trinajstić information content (AvgIpc) is 3.05. The molecule has 0 aliphatic heterocycles. The molecule has 0 heterocycles. The monoisotopic (exact) mass is 642 g/mol. The van der Waals surface area contributed by atoms with Gasteiger partial charge in [-0.1, -0.05) is 121 Å². The van der Waals surface area contributed by atoms with E-state index < -0.39 is 0 Å². The number of benzene rings is 2. The van der Waals surface area contributed by atoms with Crippen molar-refractivity contribution in [3.05, 3.63) is 87.5 Å². The zero-order chi connectivity index (χ0) is 32.3. The van der Waals surface area contributed by atoms with Crippen molar-refractivity contribution in [1.82, 2.24) is 0 Å². The second-order valence-electron chi connectivity index (χ2n) is 11.9. The molecule has 3 heteroatoms. The number of aryl methyl sites for hydroxylation is 2. The molecule has 0 aliphatic rings. The summed E-state index contributed by atoms with van der Waals surface area (Å²) in [7, 11) is 0. The Morgan fingerprint density at radius 1 is 0.614 bits per heavy atom. The third-order valence-corrected chi connectivity index (χ3v) is 9.48. The molecule has 0 radical (unpaired) electrons. The van der Waals surface area contributed by atoms with E-state index in [1.54, 1.807) is 0 Å². The van der Waals surface area contributed by atoms with Crippen LogP contribution in [0.2, 0.25) is 10.8 Å². The molecule has 0 bridgehead atoms. The predicted octanol–water partition coefficient (Wildman–Crippen LogP) is 13.3. The number of hydrogen-bond acceptors (Lipinski definition) is 0. The van der Waals surface area contributed by atoms with Gasteiger partial charge in [0.15, 0.2) is 0 Å². The topological polar surface area (TPSA) is 36.4 Å². The van der Waals surface area contributed by atoms with Crippen LogP contribution in [0.4, 0.5) is 0 Å². The molecule has 0 aromatic heterocycles. The third-order valence-electron chi connectivity index (χ3n) is 7.80. The predicted molar refractivity (Wildman–Crippen MR) is 191 cm³/mol. The summed E-state index contributed by atoms with van der Waals surface area (Å²) in [6.07, 6.45) is 20.0. The van der Waals surface area contributed by atoms with Gasteiger partial charge in [-0.2, -0.15) is 0 Å². The van der Waals surface area contributed by atoms with Crippen LogP contribution in [-0.4, -0.2) is 10.7 Å². The van der Waals surface area contributed by atoms with Crippen molar-refractivity contribution in [3.63, 3.8) is 0 Å². The van der Waals surface area contributed by atoms with Crippen LogP contribution in [0.1, 0.15) is 160 Å². The Kier molecular flexibility index (Phi) is 24.6. The summed E-state index contributed by atoms with van der Waals surface area (Å²) < 4.78 is 0. The number of hydrogen-bond donors (Lipinski definition) is 0. The first-order chi connectivity index (χ1) is 21.6. The molecule has 0 amide bonds. The van der Waals surface area contributed by atoms with Crippen molar-refractivity contribution in [2.75, 3.05) is 0 Å². The van der Waals surface area contributed by atoms with Crippen LogP contribution in [0, 0.1) is 0 Å². The van der Waals surface area contributed by atoms with E-state index >= 15 is 0 Å².